The smallest absolute Gasteiger partial charge is 0.313 e. The number of aliphatic carboxylic acids is 1. The number of amides is 1. The molecule has 2 aliphatic rings. The van der Waals surface area contributed by atoms with Gasteiger partial charge in [-0.2, -0.15) is 0 Å². The lowest BCUT2D eigenvalue weighted by Gasteiger charge is -2.40. The zero-order chi connectivity index (χ0) is 23.0. The van der Waals surface area contributed by atoms with Gasteiger partial charge in [-0.1, -0.05) is 23.2 Å². The Morgan fingerprint density at radius 2 is 1.84 bits per heavy atom. The van der Waals surface area contributed by atoms with E-state index in [1.807, 2.05) is 4.90 Å². The van der Waals surface area contributed by atoms with Gasteiger partial charge in [-0.25, -0.2) is 8.78 Å². The van der Waals surface area contributed by atoms with E-state index in [9.17, 15) is 23.5 Å². The number of nitrogens with zero attached hydrogens (tertiary/aromatic N) is 1. The molecule has 0 bridgehead atoms. The molecule has 0 saturated carbocycles. The van der Waals surface area contributed by atoms with E-state index in [0.717, 1.165) is 6.07 Å². The van der Waals surface area contributed by atoms with Crippen LogP contribution in [0.5, 0.6) is 5.75 Å². The van der Waals surface area contributed by atoms with E-state index in [0.29, 0.717) is 36.5 Å². The van der Waals surface area contributed by atoms with Crippen molar-refractivity contribution in [1.82, 2.24) is 0 Å². The van der Waals surface area contributed by atoms with Crippen molar-refractivity contribution in [2.45, 2.75) is 25.7 Å². The monoisotopic (exact) mass is 484 g/mol. The highest BCUT2D eigenvalue weighted by molar-refractivity contribution is 6.35. The third kappa shape index (κ3) is 4.21. The highest BCUT2D eigenvalue weighted by Gasteiger charge is 2.43. The summed E-state index contributed by atoms with van der Waals surface area (Å²) in [7, 11) is 0. The molecule has 170 valence electrons. The fourth-order valence-electron chi connectivity index (χ4n) is 4.13. The van der Waals surface area contributed by atoms with Crippen LogP contribution in [0, 0.1) is 17.0 Å². The Morgan fingerprint density at radius 1 is 1.12 bits per heavy atom. The molecule has 2 N–H and O–H groups in total. The molecular weight excluding hydrogens is 465 g/mol. The number of ether oxygens (including phenoxy) is 1. The van der Waals surface area contributed by atoms with E-state index >= 15 is 0 Å². The maximum atomic E-state index is 14.1. The summed E-state index contributed by atoms with van der Waals surface area (Å²) in [5, 5.41) is 12.6. The zero-order valence-corrected chi connectivity index (χ0v) is 18.4. The molecule has 0 aliphatic carbocycles. The van der Waals surface area contributed by atoms with Crippen LogP contribution in [0.25, 0.3) is 0 Å². The lowest BCUT2D eigenvalue weighted by molar-refractivity contribution is -0.152. The van der Waals surface area contributed by atoms with E-state index in [4.69, 9.17) is 27.9 Å². The quantitative estimate of drug-likeness (QED) is 0.589. The number of anilines is 2. The highest BCUT2D eigenvalue weighted by Crippen LogP contribution is 2.40. The number of hydrogen-bond acceptors (Lipinski definition) is 4. The molecular formula is C22H20Cl2F2N2O4. The molecule has 2 aromatic carbocycles. The number of nitrogens with one attached hydrogen (secondary N) is 1. The molecule has 0 atom stereocenters. The lowest BCUT2D eigenvalue weighted by atomic mass is 9.79. The van der Waals surface area contributed by atoms with Gasteiger partial charge in [0.2, 0.25) is 5.91 Å². The van der Waals surface area contributed by atoms with Gasteiger partial charge in [-0.3, -0.25) is 9.59 Å². The van der Waals surface area contributed by atoms with Crippen molar-refractivity contribution in [3.63, 3.8) is 0 Å². The van der Waals surface area contributed by atoms with Crippen LogP contribution >= 0.6 is 23.2 Å². The number of fused-ring (bicyclic) bond motifs is 1. The molecule has 6 nitrogen and oxygen atoms in total. The van der Waals surface area contributed by atoms with Gasteiger partial charge in [0.1, 0.15) is 29.4 Å². The Morgan fingerprint density at radius 3 is 2.53 bits per heavy atom. The molecule has 0 unspecified atom stereocenters. The number of halogens is 4. The van der Waals surface area contributed by atoms with Crippen molar-refractivity contribution in [2.24, 2.45) is 5.41 Å². The Bertz CT molecular complexity index is 1090. The fraction of sp³-hybridized carbons (Fsp3) is 0.364. The Labute approximate surface area is 193 Å². The molecule has 32 heavy (non-hydrogen) atoms. The van der Waals surface area contributed by atoms with Crippen LogP contribution in [0.4, 0.5) is 20.2 Å². The summed E-state index contributed by atoms with van der Waals surface area (Å²) in [5.74, 6) is -2.09. The molecule has 4 rings (SSSR count). The van der Waals surface area contributed by atoms with Gasteiger partial charge in [0.25, 0.3) is 0 Å². The van der Waals surface area contributed by atoms with Crippen LogP contribution in [0.15, 0.2) is 24.3 Å². The summed E-state index contributed by atoms with van der Waals surface area (Å²) in [6, 6.07) is 5.22. The summed E-state index contributed by atoms with van der Waals surface area (Å²) in [6.45, 7) is 0.601. The van der Waals surface area contributed by atoms with Crippen LogP contribution in [0.2, 0.25) is 10.0 Å². The minimum atomic E-state index is -1.16. The predicted octanol–water partition coefficient (Wildman–Crippen LogP) is 4.91. The number of carboxylic acids is 1. The van der Waals surface area contributed by atoms with Gasteiger partial charge in [-0.05, 0) is 43.5 Å². The maximum absolute atomic E-state index is 14.1. The van der Waals surface area contributed by atoms with E-state index < -0.39 is 23.0 Å². The summed E-state index contributed by atoms with van der Waals surface area (Å²) < 4.78 is 33.6. The van der Waals surface area contributed by atoms with Gasteiger partial charge in [-0.15, -0.1) is 0 Å². The second-order valence-electron chi connectivity index (χ2n) is 8.03. The van der Waals surface area contributed by atoms with E-state index in [-0.39, 0.29) is 47.5 Å². The molecule has 0 spiro atoms. The molecule has 2 aromatic rings. The van der Waals surface area contributed by atoms with Gasteiger partial charge >= 0.3 is 5.97 Å². The number of piperidine rings is 1. The van der Waals surface area contributed by atoms with Crippen LogP contribution < -0.4 is 15.0 Å². The number of carbonyl (C=O) groups is 2. The number of carbonyl (C=O) groups excluding carboxylic acids is 1. The third-order valence-electron chi connectivity index (χ3n) is 6.09. The Balaban J connectivity index is 1.50. The normalized spacial score (nSPS) is 17.5. The maximum Gasteiger partial charge on any atom is 0.313 e. The largest absolute Gasteiger partial charge is 0.492 e. The standard InChI is InChI=1S/C22H20Cl2F2N2O4/c23-13-10-17(14(24)9-16(13)26)28-7-5-22(6-8-28,21(30)31)11-32-18-3-2-15(25)20-12(18)1-4-19(29)27-20/h2-3,9-10H,1,4-8,11H2,(H,27,29)(H,30,31). The van der Waals surface area contributed by atoms with Gasteiger partial charge in [0.05, 0.1) is 21.4 Å². The van der Waals surface area contributed by atoms with Gasteiger partial charge in [0.15, 0.2) is 0 Å². The second kappa shape index (κ2) is 8.75. The first-order valence-corrected chi connectivity index (χ1v) is 10.8. The first-order chi connectivity index (χ1) is 15.2. The fourth-order valence-corrected chi connectivity index (χ4v) is 4.55. The molecule has 2 aliphatic heterocycles. The molecule has 1 fully saturated rings. The Kier molecular flexibility index (Phi) is 6.18. The van der Waals surface area contributed by atoms with Crippen molar-refractivity contribution in [1.29, 1.82) is 0 Å². The molecule has 0 radical (unpaired) electrons. The first kappa shape index (κ1) is 22.6. The van der Waals surface area contributed by atoms with E-state index in [1.165, 1.54) is 18.2 Å². The molecule has 1 amide bonds. The number of benzene rings is 2. The highest BCUT2D eigenvalue weighted by atomic mass is 35.5. The summed E-state index contributed by atoms with van der Waals surface area (Å²) in [4.78, 5) is 25.7. The van der Waals surface area contributed by atoms with Crippen molar-refractivity contribution in [3.8, 4) is 5.75 Å². The van der Waals surface area contributed by atoms with E-state index in [2.05, 4.69) is 5.32 Å². The number of rotatable bonds is 5. The average Bonchev–Trinajstić information content (AvgIpc) is 2.76. The lowest BCUT2D eigenvalue weighted by Crippen LogP contribution is -2.48. The first-order valence-electron chi connectivity index (χ1n) is 10.1. The third-order valence-corrected chi connectivity index (χ3v) is 6.69. The molecule has 2 heterocycles. The SMILES string of the molecule is O=C1CCc2c(OCC3(C(=O)O)CCN(c4cc(Cl)c(F)cc4Cl)CC3)ccc(F)c2N1. The molecule has 10 heteroatoms. The van der Waals surface area contributed by atoms with Crippen LogP contribution in [-0.4, -0.2) is 36.7 Å². The van der Waals surface area contributed by atoms with Crippen molar-refractivity contribution in [2.75, 3.05) is 29.9 Å². The second-order valence-corrected chi connectivity index (χ2v) is 8.84. The van der Waals surface area contributed by atoms with Gasteiger partial charge in [0, 0.05) is 25.1 Å². The van der Waals surface area contributed by atoms with Crippen molar-refractivity contribution < 1.29 is 28.2 Å². The number of hydrogen-bond donors (Lipinski definition) is 2. The van der Waals surface area contributed by atoms with Gasteiger partial charge < -0.3 is 20.1 Å². The van der Waals surface area contributed by atoms with Crippen molar-refractivity contribution >= 4 is 46.5 Å². The summed E-state index contributed by atoms with van der Waals surface area (Å²) in [6.07, 6.45) is 1.03. The van der Waals surface area contributed by atoms with Crippen LogP contribution in [0.1, 0.15) is 24.8 Å². The summed E-state index contributed by atoms with van der Waals surface area (Å²) >= 11 is 12.0. The number of carboxylic acid groups (broad SMARTS) is 1. The van der Waals surface area contributed by atoms with Crippen LogP contribution in [-0.2, 0) is 16.0 Å². The van der Waals surface area contributed by atoms with Crippen molar-refractivity contribution in [3.05, 3.63) is 51.5 Å². The van der Waals surface area contributed by atoms with E-state index in [1.54, 1.807) is 0 Å². The predicted molar refractivity (Wildman–Crippen MR) is 117 cm³/mol. The minimum absolute atomic E-state index is 0.0593. The topological polar surface area (TPSA) is 78.9 Å². The molecule has 0 aromatic heterocycles. The Hall–Kier alpha value is -2.58. The molecule has 1 saturated heterocycles. The average molecular weight is 485 g/mol. The zero-order valence-electron chi connectivity index (χ0n) is 16.9. The van der Waals surface area contributed by atoms with Crippen LogP contribution in [0.3, 0.4) is 0 Å². The minimum Gasteiger partial charge on any atom is -0.492 e. The summed E-state index contributed by atoms with van der Waals surface area (Å²) in [5.41, 5.74) is -0.0104.